The van der Waals surface area contributed by atoms with Gasteiger partial charge in [0.15, 0.2) is 5.82 Å². The maximum Gasteiger partial charge on any atom is 0.152 e. The van der Waals surface area contributed by atoms with Crippen LogP contribution in [0.15, 0.2) is 24.3 Å². The monoisotopic (exact) mass is 265 g/mol. The fourth-order valence-corrected chi connectivity index (χ4v) is 1.98. The molecule has 1 heterocycles. The number of halogens is 1. The van der Waals surface area contributed by atoms with Crippen molar-refractivity contribution in [1.82, 2.24) is 14.8 Å². The molecular formula is C13H16ClN3O. The van der Waals surface area contributed by atoms with Gasteiger partial charge in [-0.05, 0) is 24.3 Å². The molecule has 96 valence electrons. The van der Waals surface area contributed by atoms with E-state index in [9.17, 15) is 0 Å². The third-order valence-electron chi connectivity index (χ3n) is 2.72. The van der Waals surface area contributed by atoms with Crippen molar-refractivity contribution in [3.05, 3.63) is 35.9 Å². The number of hydrogen-bond acceptors (Lipinski definition) is 3. The normalized spacial score (nSPS) is 10.9. The molecule has 0 aliphatic heterocycles. The molecule has 0 aliphatic rings. The number of rotatable bonds is 4. The summed E-state index contributed by atoms with van der Waals surface area (Å²) in [5.74, 6) is 3.12. The summed E-state index contributed by atoms with van der Waals surface area (Å²) in [6, 6.07) is 7.78. The van der Waals surface area contributed by atoms with Crippen LogP contribution < -0.4 is 4.74 Å². The zero-order chi connectivity index (χ0) is 13.1. The molecule has 2 aromatic rings. The quantitative estimate of drug-likeness (QED) is 0.798. The average molecular weight is 266 g/mol. The van der Waals surface area contributed by atoms with E-state index >= 15 is 0 Å². The number of nitrogens with zero attached hydrogens (tertiary/aromatic N) is 3. The lowest BCUT2D eigenvalue weighted by Gasteiger charge is -2.11. The molecule has 0 atom stereocenters. The van der Waals surface area contributed by atoms with E-state index in [1.807, 2.05) is 28.8 Å². The largest absolute Gasteiger partial charge is 0.497 e. The molecule has 18 heavy (non-hydrogen) atoms. The minimum atomic E-state index is 0.288. The van der Waals surface area contributed by atoms with Crippen LogP contribution in [0.5, 0.6) is 5.75 Å². The SMILES string of the molecule is COc1ccc(-n2c(CCl)nnc2C(C)C)cc1. The molecule has 0 spiro atoms. The van der Waals surface area contributed by atoms with Gasteiger partial charge in [0.25, 0.3) is 0 Å². The summed E-state index contributed by atoms with van der Waals surface area (Å²) in [5, 5.41) is 8.33. The van der Waals surface area contributed by atoms with Crippen molar-refractivity contribution in [3.8, 4) is 11.4 Å². The molecule has 0 aliphatic carbocycles. The Balaban J connectivity index is 2.50. The first-order chi connectivity index (χ1) is 8.67. The lowest BCUT2D eigenvalue weighted by molar-refractivity contribution is 0.414. The van der Waals surface area contributed by atoms with Crippen molar-refractivity contribution < 1.29 is 4.74 Å². The van der Waals surface area contributed by atoms with Gasteiger partial charge in [-0.15, -0.1) is 21.8 Å². The predicted molar refractivity (Wildman–Crippen MR) is 71.6 cm³/mol. The van der Waals surface area contributed by atoms with Gasteiger partial charge in [-0.1, -0.05) is 13.8 Å². The first-order valence-electron chi connectivity index (χ1n) is 5.82. The van der Waals surface area contributed by atoms with Gasteiger partial charge in [0.1, 0.15) is 11.6 Å². The molecule has 1 aromatic heterocycles. The van der Waals surface area contributed by atoms with Crippen molar-refractivity contribution >= 4 is 11.6 Å². The van der Waals surface area contributed by atoms with E-state index in [1.54, 1.807) is 7.11 Å². The van der Waals surface area contributed by atoms with Crippen molar-refractivity contribution in [2.75, 3.05) is 7.11 Å². The standard InChI is InChI=1S/C13H16ClN3O/c1-9(2)13-16-15-12(8-14)17(13)10-4-6-11(18-3)7-5-10/h4-7,9H,8H2,1-3H3. The second-order valence-electron chi connectivity index (χ2n) is 4.30. The molecule has 0 fully saturated rings. The molecule has 4 nitrogen and oxygen atoms in total. The Kier molecular flexibility index (Phi) is 3.87. The third kappa shape index (κ3) is 2.34. The van der Waals surface area contributed by atoms with Crippen LogP contribution in [0.4, 0.5) is 0 Å². The smallest absolute Gasteiger partial charge is 0.152 e. The molecule has 0 amide bonds. The van der Waals surface area contributed by atoms with Gasteiger partial charge < -0.3 is 4.74 Å². The maximum absolute atomic E-state index is 5.91. The number of ether oxygens (including phenoxy) is 1. The van der Waals surface area contributed by atoms with Crippen LogP contribution in [-0.4, -0.2) is 21.9 Å². The molecule has 0 bridgehead atoms. The first-order valence-corrected chi connectivity index (χ1v) is 6.35. The van der Waals surface area contributed by atoms with Gasteiger partial charge in [0.05, 0.1) is 13.0 Å². The average Bonchev–Trinajstić information content (AvgIpc) is 2.82. The van der Waals surface area contributed by atoms with Crippen LogP contribution in [0.25, 0.3) is 5.69 Å². The highest BCUT2D eigenvalue weighted by Gasteiger charge is 2.15. The van der Waals surface area contributed by atoms with Crippen molar-refractivity contribution in [3.63, 3.8) is 0 Å². The lowest BCUT2D eigenvalue weighted by atomic mass is 10.2. The minimum absolute atomic E-state index is 0.288. The van der Waals surface area contributed by atoms with Crippen molar-refractivity contribution in [2.24, 2.45) is 0 Å². The molecule has 1 aromatic carbocycles. The number of benzene rings is 1. The van der Waals surface area contributed by atoms with E-state index in [4.69, 9.17) is 16.3 Å². The summed E-state index contributed by atoms with van der Waals surface area (Å²) < 4.78 is 7.15. The lowest BCUT2D eigenvalue weighted by Crippen LogP contribution is -2.05. The Bertz CT molecular complexity index is 520. The molecule has 0 saturated carbocycles. The van der Waals surface area contributed by atoms with Gasteiger partial charge >= 0.3 is 0 Å². The zero-order valence-corrected chi connectivity index (χ0v) is 11.5. The van der Waals surface area contributed by atoms with E-state index in [1.165, 1.54) is 0 Å². The van der Waals surface area contributed by atoms with E-state index < -0.39 is 0 Å². The Hall–Kier alpha value is -1.55. The molecule has 0 saturated heterocycles. The first kappa shape index (κ1) is 12.9. The predicted octanol–water partition coefficient (Wildman–Crippen LogP) is 3.14. The Morgan fingerprint density at radius 1 is 1.22 bits per heavy atom. The minimum Gasteiger partial charge on any atom is -0.497 e. The summed E-state index contributed by atoms with van der Waals surface area (Å²) >= 11 is 5.91. The second-order valence-corrected chi connectivity index (χ2v) is 4.56. The Morgan fingerprint density at radius 2 is 1.89 bits per heavy atom. The third-order valence-corrected chi connectivity index (χ3v) is 2.96. The highest BCUT2D eigenvalue weighted by atomic mass is 35.5. The van der Waals surface area contributed by atoms with Crippen molar-refractivity contribution in [2.45, 2.75) is 25.6 Å². The van der Waals surface area contributed by atoms with Gasteiger partial charge in [-0.2, -0.15) is 0 Å². The molecular weight excluding hydrogens is 250 g/mol. The van der Waals surface area contributed by atoms with E-state index in [0.717, 1.165) is 23.1 Å². The fraction of sp³-hybridized carbons (Fsp3) is 0.385. The van der Waals surface area contributed by atoms with E-state index in [2.05, 4.69) is 24.0 Å². The highest BCUT2D eigenvalue weighted by Crippen LogP contribution is 2.22. The Labute approximate surface area is 112 Å². The van der Waals surface area contributed by atoms with Crippen LogP contribution in [0.2, 0.25) is 0 Å². The van der Waals surface area contributed by atoms with Gasteiger partial charge in [-0.3, -0.25) is 4.57 Å². The fourth-order valence-electron chi connectivity index (χ4n) is 1.80. The number of alkyl halides is 1. The summed E-state index contributed by atoms with van der Waals surface area (Å²) in [5.41, 5.74) is 1.00. The van der Waals surface area contributed by atoms with Crippen LogP contribution in [0.3, 0.4) is 0 Å². The second kappa shape index (κ2) is 5.40. The van der Waals surface area contributed by atoms with Crippen molar-refractivity contribution in [1.29, 1.82) is 0 Å². The maximum atomic E-state index is 5.91. The molecule has 0 radical (unpaired) electrons. The number of aromatic nitrogens is 3. The number of hydrogen-bond donors (Lipinski definition) is 0. The molecule has 5 heteroatoms. The zero-order valence-electron chi connectivity index (χ0n) is 10.7. The van der Waals surface area contributed by atoms with Gasteiger partial charge in [0, 0.05) is 11.6 Å². The van der Waals surface area contributed by atoms with Crippen LogP contribution in [0, 0.1) is 0 Å². The van der Waals surface area contributed by atoms with Crippen LogP contribution in [-0.2, 0) is 5.88 Å². The molecule has 0 N–H and O–H groups in total. The highest BCUT2D eigenvalue weighted by molar-refractivity contribution is 6.16. The molecule has 0 unspecified atom stereocenters. The van der Waals surface area contributed by atoms with Gasteiger partial charge in [0.2, 0.25) is 0 Å². The summed E-state index contributed by atoms with van der Waals surface area (Å²) in [7, 11) is 1.65. The summed E-state index contributed by atoms with van der Waals surface area (Å²) in [6.45, 7) is 4.17. The van der Waals surface area contributed by atoms with Gasteiger partial charge in [-0.25, -0.2) is 0 Å². The van der Waals surface area contributed by atoms with Crippen LogP contribution >= 0.6 is 11.6 Å². The Morgan fingerprint density at radius 3 is 2.39 bits per heavy atom. The summed E-state index contributed by atoms with van der Waals surface area (Å²) in [4.78, 5) is 0. The summed E-state index contributed by atoms with van der Waals surface area (Å²) in [6.07, 6.45) is 0. The van der Waals surface area contributed by atoms with E-state index in [0.29, 0.717) is 5.88 Å². The number of methoxy groups -OCH3 is 1. The van der Waals surface area contributed by atoms with Crippen LogP contribution in [0.1, 0.15) is 31.4 Å². The topological polar surface area (TPSA) is 39.9 Å². The molecule has 2 rings (SSSR count). The van der Waals surface area contributed by atoms with E-state index in [-0.39, 0.29) is 5.92 Å².